The van der Waals surface area contributed by atoms with Crippen molar-refractivity contribution >= 4 is 17.5 Å². The summed E-state index contributed by atoms with van der Waals surface area (Å²) in [6.45, 7) is 0. The smallest absolute Gasteiger partial charge is 0.339 e. The fraction of sp³-hybridized carbons (Fsp3) is 0. The molecule has 1 heterocycles. The van der Waals surface area contributed by atoms with Gasteiger partial charge in [0.1, 0.15) is 11.3 Å². The molecule has 7 nitrogen and oxygen atoms in total. The lowest BCUT2D eigenvalue weighted by atomic mass is 10.2. The van der Waals surface area contributed by atoms with Crippen LogP contribution in [0.5, 0.6) is 5.75 Å². The van der Waals surface area contributed by atoms with Gasteiger partial charge in [-0.25, -0.2) is 9.89 Å². The van der Waals surface area contributed by atoms with E-state index in [0.29, 0.717) is 5.69 Å². The highest BCUT2D eigenvalue weighted by atomic mass is 16.4. The maximum absolute atomic E-state index is 11.0. The Kier molecular flexibility index (Phi) is 2.96. The lowest BCUT2D eigenvalue weighted by Gasteiger charge is -2.07. The average Bonchev–Trinajstić information content (AvgIpc) is 2.34. The molecule has 0 aliphatic heterocycles. The zero-order valence-electron chi connectivity index (χ0n) is 9.04. The van der Waals surface area contributed by atoms with Crippen molar-refractivity contribution in [2.45, 2.75) is 0 Å². The maximum atomic E-state index is 11.0. The fourth-order valence-electron chi connectivity index (χ4n) is 1.34. The van der Waals surface area contributed by atoms with Crippen molar-refractivity contribution in [2.24, 2.45) is 0 Å². The molecule has 0 aliphatic carbocycles. The molecule has 18 heavy (non-hydrogen) atoms. The van der Waals surface area contributed by atoms with Crippen LogP contribution in [0.15, 0.2) is 35.1 Å². The monoisotopic (exact) mass is 247 g/mol. The predicted octanol–water partition coefficient (Wildman–Crippen LogP) is 0.917. The summed E-state index contributed by atoms with van der Waals surface area (Å²) >= 11 is 0. The third-order valence-electron chi connectivity index (χ3n) is 2.17. The quantitative estimate of drug-likeness (QED) is 0.599. The van der Waals surface area contributed by atoms with Crippen molar-refractivity contribution in [2.75, 3.05) is 5.32 Å². The van der Waals surface area contributed by atoms with Gasteiger partial charge in [-0.1, -0.05) is 0 Å². The molecule has 0 unspecified atom stereocenters. The molecule has 1 aromatic heterocycles. The van der Waals surface area contributed by atoms with Crippen LogP contribution in [0.3, 0.4) is 0 Å². The highest BCUT2D eigenvalue weighted by Crippen LogP contribution is 2.19. The second kappa shape index (κ2) is 4.58. The topological polar surface area (TPSA) is 115 Å². The first kappa shape index (κ1) is 11.6. The van der Waals surface area contributed by atoms with Crippen molar-refractivity contribution in [1.29, 1.82) is 0 Å². The Bertz CT molecular complexity index is 633. The van der Waals surface area contributed by atoms with Gasteiger partial charge in [-0.15, -0.1) is 0 Å². The first-order valence-corrected chi connectivity index (χ1v) is 4.95. The normalized spacial score (nSPS) is 10.0. The Hall–Kier alpha value is -2.83. The minimum atomic E-state index is -1.25. The van der Waals surface area contributed by atoms with E-state index in [4.69, 9.17) is 10.2 Å². The number of carboxylic acid groups (broad SMARTS) is 1. The third-order valence-corrected chi connectivity index (χ3v) is 2.17. The molecule has 0 spiro atoms. The summed E-state index contributed by atoms with van der Waals surface area (Å²) in [7, 11) is 0. The molecule has 0 atom stereocenters. The van der Waals surface area contributed by atoms with Crippen LogP contribution in [0.4, 0.5) is 11.5 Å². The Labute approximate surface area is 101 Å². The molecule has 0 saturated carbocycles. The first-order chi connectivity index (χ1) is 8.56. The molecule has 0 amide bonds. The second-order valence-electron chi connectivity index (χ2n) is 3.47. The number of benzene rings is 1. The van der Waals surface area contributed by atoms with Crippen LogP contribution in [0.25, 0.3) is 0 Å². The summed E-state index contributed by atoms with van der Waals surface area (Å²) in [4.78, 5) is 21.9. The van der Waals surface area contributed by atoms with Crippen LogP contribution < -0.4 is 10.9 Å². The Morgan fingerprint density at radius 1 is 1.28 bits per heavy atom. The molecule has 0 radical (unpaired) electrons. The van der Waals surface area contributed by atoms with E-state index in [1.165, 1.54) is 12.1 Å². The molecule has 0 fully saturated rings. The molecule has 2 aromatic rings. The minimum absolute atomic E-state index is 0.0211. The van der Waals surface area contributed by atoms with Crippen molar-refractivity contribution in [3.8, 4) is 5.75 Å². The summed E-state index contributed by atoms with van der Waals surface area (Å²) in [5, 5.41) is 26.6. The van der Waals surface area contributed by atoms with Crippen LogP contribution in [-0.4, -0.2) is 26.4 Å². The fourth-order valence-corrected chi connectivity index (χ4v) is 1.34. The van der Waals surface area contributed by atoms with Crippen molar-refractivity contribution in [3.63, 3.8) is 0 Å². The summed E-state index contributed by atoms with van der Waals surface area (Å²) in [6.07, 6.45) is 0. The summed E-state index contributed by atoms with van der Waals surface area (Å²) < 4.78 is 0. The zero-order chi connectivity index (χ0) is 13.1. The van der Waals surface area contributed by atoms with E-state index in [1.54, 1.807) is 12.1 Å². The van der Waals surface area contributed by atoms with Gasteiger partial charge in [0.25, 0.3) is 5.56 Å². The average molecular weight is 247 g/mol. The van der Waals surface area contributed by atoms with Crippen LogP contribution in [0, 0.1) is 0 Å². The number of nitrogens with zero attached hydrogens (tertiary/aromatic N) is 1. The lowest BCUT2D eigenvalue weighted by molar-refractivity contribution is 0.0697. The minimum Gasteiger partial charge on any atom is -0.508 e. The largest absolute Gasteiger partial charge is 0.508 e. The van der Waals surface area contributed by atoms with Crippen LogP contribution in [0.2, 0.25) is 0 Å². The van der Waals surface area contributed by atoms with E-state index in [2.05, 4.69) is 15.5 Å². The van der Waals surface area contributed by atoms with Gasteiger partial charge in [0.2, 0.25) is 0 Å². The van der Waals surface area contributed by atoms with Gasteiger partial charge >= 0.3 is 5.97 Å². The second-order valence-corrected chi connectivity index (χ2v) is 3.47. The van der Waals surface area contributed by atoms with Gasteiger partial charge in [-0.2, -0.15) is 5.10 Å². The molecular formula is C11H9N3O4. The number of carboxylic acids is 1. The van der Waals surface area contributed by atoms with Gasteiger partial charge in [0, 0.05) is 11.8 Å². The molecule has 4 N–H and O–H groups in total. The van der Waals surface area contributed by atoms with Crippen LogP contribution in [0.1, 0.15) is 10.4 Å². The number of nitrogens with one attached hydrogen (secondary N) is 2. The van der Waals surface area contributed by atoms with Crippen molar-refractivity contribution in [1.82, 2.24) is 10.2 Å². The molecule has 92 valence electrons. The van der Waals surface area contributed by atoms with E-state index in [-0.39, 0.29) is 17.1 Å². The number of aromatic nitrogens is 2. The molecule has 1 aromatic carbocycles. The van der Waals surface area contributed by atoms with Crippen molar-refractivity contribution < 1.29 is 15.0 Å². The number of hydrogen-bond acceptors (Lipinski definition) is 5. The number of aromatic hydroxyl groups is 1. The van der Waals surface area contributed by atoms with E-state index >= 15 is 0 Å². The molecule has 0 aliphatic rings. The summed E-state index contributed by atoms with van der Waals surface area (Å²) in [6, 6.07) is 6.92. The van der Waals surface area contributed by atoms with E-state index in [0.717, 1.165) is 6.07 Å². The summed E-state index contributed by atoms with van der Waals surface area (Å²) in [5.74, 6) is -1.14. The molecule has 0 saturated heterocycles. The number of aromatic carboxylic acids is 1. The lowest BCUT2D eigenvalue weighted by Crippen LogP contribution is -2.14. The number of H-pyrrole nitrogens is 1. The number of aromatic amines is 1. The highest BCUT2D eigenvalue weighted by Gasteiger charge is 2.12. The Morgan fingerprint density at radius 2 is 1.94 bits per heavy atom. The van der Waals surface area contributed by atoms with Gasteiger partial charge in [0.15, 0.2) is 5.82 Å². The van der Waals surface area contributed by atoms with E-state index in [1.807, 2.05) is 0 Å². The SMILES string of the molecule is O=C(O)c1cc(=O)[nH]nc1Nc1ccc(O)cc1. The number of hydrogen-bond donors (Lipinski definition) is 4. The van der Waals surface area contributed by atoms with Gasteiger partial charge in [-0.3, -0.25) is 4.79 Å². The Balaban J connectivity index is 2.37. The third kappa shape index (κ3) is 2.46. The van der Waals surface area contributed by atoms with E-state index in [9.17, 15) is 9.59 Å². The standard InChI is InChI=1S/C11H9N3O4/c15-7-3-1-6(2-4-7)12-10-8(11(17)18)5-9(16)13-14-10/h1-5,15H,(H,12,14)(H,13,16)(H,17,18). The van der Waals surface area contributed by atoms with E-state index < -0.39 is 11.5 Å². The van der Waals surface area contributed by atoms with Gasteiger partial charge < -0.3 is 15.5 Å². The number of rotatable bonds is 3. The number of carbonyl (C=O) groups is 1. The molecule has 2 rings (SSSR count). The maximum Gasteiger partial charge on any atom is 0.339 e. The summed E-state index contributed by atoms with van der Waals surface area (Å²) in [5.41, 5.74) is -0.287. The number of phenolic OH excluding ortho intramolecular Hbond substituents is 1. The van der Waals surface area contributed by atoms with Crippen LogP contribution in [-0.2, 0) is 0 Å². The van der Waals surface area contributed by atoms with Crippen molar-refractivity contribution in [3.05, 3.63) is 46.2 Å². The molecule has 0 bridgehead atoms. The predicted molar refractivity (Wildman–Crippen MR) is 63.2 cm³/mol. The zero-order valence-corrected chi connectivity index (χ0v) is 9.04. The first-order valence-electron chi connectivity index (χ1n) is 4.95. The van der Waals surface area contributed by atoms with Crippen LogP contribution >= 0.6 is 0 Å². The van der Waals surface area contributed by atoms with Gasteiger partial charge in [0.05, 0.1) is 0 Å². The molecule has 7 heteroatoms. The molecular weight excluding hydrogens is 238 g/mol. The Morgan fingerprint density at radius 3 is 2.56 bits per heavy atom. The van der Waals surface area contributed by atoms with Gasteiger partial charge in [-0.05, 0) is 24.3 Å². The number of anilines is 2. The number of phenols is 1. The highest BCUT2D eigenvalue weighted by molar-refractivity contribution is 5.93.